The van der Waals surface area contributed by atoms with E-state index in [-0.39, 0.29) is 18.4 Å². The lowest BCUT2D eigenvalue weighted by Crippen LogP contribution is -2.43. The Hall–Kier alpha value is -1.07. The van der Waals surface area contributed by atoms with Gasteiger partial charge in [0.25, 0.3) is 5.91 Å². The van der Waals surface area contributed by atoms with Crippen molar-refractivity contribution < 1.29 is 9.59 Å². The second-order valence-corrected chi connectivity index (χ2v) is 6.06. The predicted molar refractivity (Wildman–Crippen MR) is 79.3 cm³/mol. The number of nitrogens with one attached hydrogen (secondary N) is 2. The van der Waals surface area contributed by atoms with Crippen molar-refractivity contribution in [2.45, 2.75) is 13.8 Å². The Morgan fingerprint density at radius 2 is 2.00 bits per heavy atom. The molecule has 0 aliphatic rings. The molecule has 104 valence electrons. The fourth-order valence-corrected chi connectivity index (χ4v) is 2.09. The normalized spacial score (nSPS) is 11.0. The molecule has 0 heterocycles. The van der Waals surface area contributed by atoms with Crippen molar-refractivity contribution in [3.05, 3.63) is 33.3 Å². The van der Waals surface area contributed by atoms with Crippen LogP contribution < -0.4 is 10.6 Å². The summed E-state index contributed by atoms with van der Waals surface area (Å²) in [7, 11) is 1.57. The molecular weight excluding hydrogens is 332 g/mol. The lowest BCUT2D eigenvalue weighted by Gasteiger charge is -2.23. The summed E-state index contributed by atoms with van der Waals surface area (Å²) in [5, 5.41) is 5.79. The molecule has 2 N–H and O–H groups in total. The molecule has 0 bridgehead atoms. The molecule has 1 aromatic carbocycles. The van der Waals surface area contributed by atoms with E-state index in [9.17, 15) is 9.59 Å². The summed E-state index contributed by atoms with van der Waals surface area (Å²) in [5.74, 6) is -0.399. The van der Waals surface area contributed by atoms with Crippen molar-refractivity contribution in [2.24, 2.45) is 5.41 Å². The van der Waals surface area contributed by atoms with Crippen LogP contribution in [0.4, 0.5) is 0 Å². The summed E-state index contributed by atoms with van der Waals surface area (Å²) in [6, 6.07) is 4.98. The highest BCUT2D eigenvalue weighted by Gasteiger charge is 2.27. The van der Waals surface area contributed by atoms with E-state index in [2.05, 4.69) is 26.6 Å². The van der Waals surface area contributed by atoms with Crippen LogP contribution in [0.5, 0.6) is 0 Å². The fraction of sp³-hybridized carbons (Fsp3) is 0.385. The third-order valence-corrected chi connectivity index (χ3v) is 3.63. The summed E-state index contributed by atoms with van der Waals surface area (Å²) in [4.78, 5) is 23.7. The summed E-state index contributed by atoms with van der Waals surface area (Å²) in [6.07, 6.45) is 0. The van der Waals surface area contributed by atoms with Gasteiger partial charge in [-0.15, -0.1) is 0 Å². The zero-order valence-electron chi connectivity index (χ0n) is 11.0. The molecular formula is C13H16BrClN2O2. The van der Waals surface area contributed by atoms with Crippen molar-refractivity contribution in [3.8, 4) is 0 Å². The van der Waals surface area contributed by atoms with Crippen molar-refractivity contribution in [1.29, 1.82) is 0 Å². The predicted octanol–water partition coefficient (Wildman–Crippen LogP) is 2.60. The minimum atomic E-state index is -0.671. The smallest absolute Gasteiger partial charge is 0.252 e. The number of hydrogen-bond acceptors (Lipinski definition) is 2. The van der Waals surface area contributed by atoms with E-state index in [1.165, 1.54) is 0 Å². The van der Waals surface area contributed by atoms with E-state index in [0.29, 0.717) is 15.1 Å². The van der Waals surface area contributed by atoms with Gasteiger partial charge in [-0.25, -0.2) is 0 Å². The molecule has 4 nitrogen and oxygen atoms in total. The van der Waals surface area contributed by atoms with Gasteiger partial charge >= 0.3 is 0 Å². The molecule has 0 aliphatic heterocycles. The zero-order chi connectivity index (χ0) is 14.6. The maximum atomic E-state index is 12.0. The molecule has 0 radical (unpaired) electrons. The largest absolute Gasteiger partial charge is 0.359 e. The van der Waals surface area contributed by atoms with Crippen LogP contribution in [0.1, 0.15) is 24.2 Å². The molecule has 0 fully saturated rings. The Labute approximate surface area is 126 Å². The van der Waals surface area contributed by atoms with E-state index < -0.39 is 5.41 Å². The van der Waals surface area contributed by atoms with Gasteiger partial charge in [-0.05, 0) is 48.0 Å². The van der Waals surface area contributed by atoms with E-state index in [1.54, 1.807) is 39.1 Å². The highest BCUT2D eigenvalue weighted by atomic mass is 79.9. The maximum absolute atomic E-state index is 12.0. The third-order valence-electron chi connectivity index (χ3n) is 2.71. The average Bonchev–Trinajstić information content (AvgIpc) is 2.37. The second-order valence-electron chi connectivity index (χ2n) is 4.77. The molecule has 0 unspecified atom stereocenters. The van der Waals surface area contributed by atoms with Gasteiger partial charge in [0.15, 0.2) is 0 Å². The summed E-state index contributed by atoms with van der Waals surface area (Å²) < 4.78 is 0.659. The SMILES string of the molecule is CNC(=O)C(C)(C)CNC(=O)c1cc(Cl)ccc1Br. The first-order valence-corrected chi connectivity index (χ1v) is 6.90. The molecule has 0 aromatic heterocycles. The number of rotatable bonds is 4. The fourth-order valence-electron chi connectivity index (χ4n) is 1.49. The van der Waals surface area contributed by atoms with Crippen LogP contribution in [0, 0.1) is 5.41 Å². The quantitative estimate of drug-likeness (QED) is 0.879. The zero-order valence-corrected chi connectivity index (χ0v) is 13.4. The van der Waals surface area contributed by atoms with Gasteiger partial charge in [0.2, 0.25) is 5.91 Å². The summed E-state index contributed by atoms with van der Waals surface area (Å²) in [6.45, 7) is 3.77. The van der Waals surface area contributed by atoms with Gasteiger partial charge in [-0.1, -0.05) is 11.6 Å². The van der Waals surface area contributed by atoms with Crippen LogP contribution in [0.2, 0.25) is 5.02 Å². The Bertz CT molecular complexity index is 503. The highest BCUT2D eigenvalue weighted by Crippen LogP contribution is 2.21. The first kappa shape index (κ1) is 16.0. The van der Waals surface area contributed by atoms with Gasteiger partial charge in [0, 0.05) is 23.1 Å². The van der Waals surface area contributed by atoms with Crippen LogP contribution in [0.3, 0.4) is 0 Å². The molecule has 0 saturated carbocycles. The molecule has 19 heavy (non-hydrogen) atoms. The van der Waals surface area contributed by atoms with Gasteiger partial charge in [-0.3, -0.25) is 9.59 Å². The van der Waals surface area contributed by atoms with E-state index in [4.69, 9.17) is 11.6 Å². The van der Waals surface area contributed by atoms with Crippen molar-refractivity contribution >= 4 is 39.3 Å². The van der Waals surface area contributed by atoms with Crippen molar-refractivity contribution in [2.75, 3.05) is 13.6 Å². The number of halogens is 2. The van der Waals surface area contributed by atoms with Gasteiger partial charge in [0.05, 0.1) is 11.0 Å². The molecule has 2 amide bonds. The van der Waals surface area contributed by atoms with Crippen LogP contribution in [-0.4, -0.2) is 25.4 Å². The van der Waals surface area contributed by atoms with Crippen molar-refractivity contribution in [3.63, 3.8) is 0 Å². The number of amides is 2. The van der Waals surface area contributed by atoms with E-state index in [0.717, 1.165) is 0 Å². The molecule has 1 rings (SSSR count). The van der Waals surface area contributed by atoms with Crippen LogP contribution in [0.15, 0.2) is 22.7 Å². The molecule has 0 spiro atoms. The third kappa shape index (κ3) is 4.21. The average molecular weight is 348 g/mol. The first-order valence-electron chi connectivity index (χ1n) is 5.73. The Morgan fingerprint density at radius 1 is 1.37 bits per heavy atom. The van der Waals surface area contributed by atoms with Crippen LogP contribution in [-0.2, 0) is 4.79 Å². The monoisotopic (exact) mass is 346 g/mol. The maximum Gasteiger partial charge on any atom is 0.252 e. The van der Waals surface area contributed by atoms with Crippen molar-refractivity contribution in [1.82, 2.24) is 10.6 Å². The molecule has 0 saturated heterocycles. The summed E-state index contributed by atoms with van der Waals surface area (Å²) in [5.41, 5.74) is -0.227. The standard InChI is InChI=1S/C13H16BrClN2O2/c1-13(2,12(19)16-3)7-17-11(18)9-6-8(15)4-5-10(9)14/h4-6H,7H2,1-3H3,(H,16,19)(H,17,18). The Kier molecular flexibility index (Phi) is 5.38. The van der Waals surface area contributed by atoms with Gasteiger partial charge in [-0.2, -0.15) is 0 Å². The minimum Gasteiger partial charge on any atom is -0.359 e. The highest BCUT2D eigenvalue weighted by molar-refractivity contribution is 9.10. The topological polar surface area (TPSA) is 58.2 Å². The van der Waals surface area contributed by atoms with Gasteiger partial charge in [0.1, 0.15) is 0 Å². The lowest BCUT2D eigenvalue weighted by atomic mass is 9.92. The second kappa shape index (κ2) is 6.39. The number of carbonyl (C=O) groups excluding carboxylic acids is 2. The van der Waals surface area contributed by atoms with E-state index in [1.807, 2.05) is 0 Å². The number of hydrogen-bond donors (Lipinski definition) is 2. The van der Waals surface area contributed by atoms with E-state index >= 15 is 0 Å². The number of benzene rings is 1. The molecule has 6 heteroatoms. The Balaban J connectivity index is 2.76. The Morgan fingerprint density at radius 3 is 2.58 bits per heavy atom. The molecule has 0 atom stereocenters. The minimum absolute atomic E-state index is 0.127. The molecule has 1 aromatic rings. The van der Waals surface area contributed by atoms with Crippen LogP contribution in [0.25, 0.3) is 0 Å². The summed E-state index contributed by atoms with van der Waals surface area (Å²) >= 11 is 9.15. The lowest BCUT2D eigenvalue weighted by molar-refractivity contribution is -0.128. The van der Waals surface area contributed by atoms with Crippen LogP contribution >= 0.6 is 27.5 Å². The van der Waals surface area contributed by atoms with Gasteiger partial charge < -0.3 is 10.6 Å². The first-order chi connectivity index (χ1) is 8.77. The molecule has 0 aliphatic carbocycles. The number of carbonyl (C=O) groups is 2.